The van der Waals surface area contributed by atoms with E-state index in [9.17, 15) is 4.79 Å². The van der Waals surface area contributed by atoms with Gasteiger partial charge < -0.3 is 18.8 Å². The van der Waals surface area contributed by atoms with Gasteiger partial charge in [-0.25, -0.2) is 4.68 Å². The fourth-order valence-corrected chi connectivity index (χ4v) is 3.35. The van der Waals surface area contributed by atoms with Crippen LogP contribution >= 0.6 is 0 Å². The molecule has 0 aliphatic carbocycles. The van der Waals surface area contributed by atoms with Gasteiger partial charge in [-0.2, -0.15) is 5.10 Å². The molecule has 4 aromatic rings. The summed E-state index contributed by atoms with van der Waals surface area (Å²) in [5.74, 6) is 1.76. The monoisotopic (exact) mass is 417 g/mol. The van der Waals surface area contributed by atoms with Gasteiger partial charge in [0.15, 0.2) is 0 Å². The van der Waals surface area contributed by atoms with Gasteiger partial charge in [-0.1, -0.05) is 18.2 Å². The zero-order valence-corrected chi connectivity index (χ0v) is 17.6. The van der Waals surface area contributed by atoms with E-state index in [-0.39, 0.29) is 5.91 Å². The zero-order chi connectivity index (χ0) is 21.8. The standard InChI is InChI=1S/C24H23N3O4/c1-26(15-19-10-7-13-31-19)24(28)21-16-27(17-8-5-4-6-9-17)25-23(21)20-12-11-18(29-2)14-22(20)30-3/h4-14,16H,15H2,1-3H3. The molecule has 0 N–H and O–H groups in total. The third-order valence-corrected chi connectivity index (χ3v) is 4.95. The van der Waals surface area contributed by atoms with Crippen molar-refractivity contribution >= 4 is 5.91 Å². The largest absolute Gasteiger partial charge is 0.497 e. The molecule has 0 atom stereocenters. The molecule has 4 rings (SSSR count). The topological polar surface area (TPSA) is 69.7 Å². The molecule has 0 fully saturated rings. The lowest BCUT2D eigenvalue weighted by Crippen LogP contribution is -2.26. The normalized spacial score (nSPS) is 10.7. The number of hydrogen-bond donors (Lipinski definition) is 0. The smallest absolute Gasteiger partial charge is 0.257 e. The van der Waals surface area contributed by atoms with E-state index in [1.165, 1.54) is 0 Å². The molecule has 0 saturated carbocycles. The summed E-state index contributed by atoms with van der Waals surface area (Å²) in [7, 11) is 4.91. The summed E-state index contributed by atoms with van der Waals surface area (Å²) < 4.78 is 18.0. The molecule has 0 aliphatic heterocycles. The Morgan fingerprint density at radius 1 is 1.06 bits per heavy atom. The van der Waals surface area contributed by atoms with Crippen molar-refractivity contribution in [3.05, 3.63) is 84.4 Å². The molecule has 0 bridgehead atoms. The Morgan fingerprint density at radius 2 is 1.87 bits per heavy atom. The first-order valence-electron chi connectivity index (χ1n) is 9.76. The molecule has 0 saturated heterocycles. The third kappa shape index (κ3) is 4.16. The lowest BCUT2D eigenvalue weighted by molar-refractivity contribution is 0.0776. The quantitative estimate of drug-likeness (QED) is 0.445. The van der Waals surface area contributed by atoms with Crippen molar-refractivity contribution in [3.63, 3.8) is 0 Å². The Balaban J connectivity index is 1.80. The van der Waals surface area contributed by atoms with E-state index in [1.807, 2.05) is 48.5 Å². The second-order valence-electron chi connectivity index (χ2n) is 6.98. The molecule has 158 valence electrons. The summed E-state index contributed by atoms with van der Waals surface area (Å²) in [4.78, 5) is 15.0. The highest BCUT2D eigenvalue weighted by Crippen LogP contribution is 2.35. The number of amides is 1. The van der Waals surface area contributed by atoms with Crippen LogP contribution in [0.25, 0.3) is 16.9 Å². The number of rotatable bonds is 7. The number of hydrogen-bond acceptors (Lipinski definition) is 5. The number of furan rings is 1. The molecule has 1 amide bonds. The maximum Gasteiger partial charge on any atom is 0.257 e. The number of para-hydroxylation sites is 1. The van der Waals surface area contributed by atoms with E-state index >= 15 is 0 Å². The molecule has 0 aliphatic rings. The van der Waals surface area contributed by atoms with E-state index in [1.54, 1.807) is 55.4 Å². The van der Waals surface area contributed by atoms with Gasteiger partial charge >= 0.3 is 0 Å². The first-order chi connectivity index (χ1) is 15.1. The first kappa shape index (κ1) is 20.3. The van der Waals surface area contributed by atoms with Crippen molar-refractivity contribution in [2.75, 3.05) is 21.3 Å². The van der Waals surface area contributed by atoms with Gasteiger partial charge in [0.05, 0.1) is 38.3 Å². The first-order valence-corrected chi connectivity index (χ1v) is 9.76. The Labute approximate surface area is 180 Å². The average Bonchev–Trinajstić information content (AvgIpc) is 3.48. The number of carbonyl (C=O) groups excluding carboxylic acids is 1. The van der Waals surface area contributed by atoms with Gasteiger partial charge in [0.25, 0.3) is 5.91 Å². The van der Waals surface area contributed by atoms with Crippen LogP contribution in [0.1, 0.15) is 16.1 Å². The number of methoxy groups -OCH3 is 2. The second-order valence-corrected chi connectivity index (χ2v) is 6.98. The Hall–Kier alpha value is -4.00. The molecule has 7 nitrogen and oxygen atoms in total. The van der Waals surface area contributed by atoms with Crippen LogP contribution in [0, 0.1) is 0 Å². The molecular weight excluding hydrogens is 394 g/mol. The maximum absolute atomic E-state index is 13.4. The summed E-state index contributed by atoms with van der Waals surface area (Å²) in [6, 6.07) is 18.7. The maximum atomic E-state index is 13.4. The minimum atomic E-state index is -0.175. The van der Waals surface area contributed by atoms with Crippen molar-refractivity contribution in [3.8, 4) is 28.4 Å². The van der Waals surface area contributed by atoms with Crippen LogP contribution in [-0.4, -0.2) is 41.9 Å². The van der Waals surface area contributed by atoms with Crippen molar-refractivity contribution in [2.24, 2.45) is 0 Å². The average molecular weight is 417 g/mol. The molecule has 2 aromatic carbocycles. The van der Waals surface area contributed by atoms with E-state index in [0.29, 0.717) is 40.6 Å². The van der Waals surface area contributed by atoms with Gasteiger partial charge in [0, 0.05) is 24.9 Å². The van der Waals surface area contributed by atoms with Crippen LogP contribution in [0.4, 0.5) is 0 Å². The van der Waals surface area contributed by atoms with Gasteiger partial charge in [0.1, 0.15) is 23.0 Å². The molecule has 7 heteroatoms. The highest BCUT2D eigenvalue weighted by Gasteiger charge is 2.24. The van der Waals surface area contributed by atoms with Gasteiger partial charge in [-0.15, -0.1) is 0 Å². The van der Waals surface area contributed by atoms with Crippen LogP contribution in [0.15, 0.2) is 77.5 Å². The van der Waals surface area contributed by atoms with Gasteiger partial charge in [-0.3, -0.25) is 4.79 Å². The summed E-state index contributed by atoms with van der Waals surface area (Å²) >= 11 is 0. The fraction of sp³-hybridized carbons (Fsp3) is 0.167. The van der Waals surface area contributed by atoms with E-state index in [0.717, 1.165) is 5.69 Å². The Bertz CT molecular complexity index is 1170. The van der Waals surface area contributed by atoms with Crippen LogP contribution in [0.2, 0.25) is 0 Å². The van der Waals surface area contributed by atoms with E-state index in [2.05, 4.69) is 0 Å². The molecular formula is C24H23N3O4. The van der Waals surface area contributed by atoms with Crippen LogP contribution in [0.5, 0.6) is 11.5 Å². The highest BCUT2D eigenvalue weighted by molar-refractivity contribution is 6.00. The molecule has 0 unspecified atom stereocenters. The summed E-state index contributed by atoms with van der Waals surface area (Å²) in [5, 5.41) is 4.74. The number of aromatic nitrogens is 2. The Morgan fingerprint density at radius 3 is 2.55 bits per heavy atom. The van der Waals surface area contributed by atoms with Gasteiger partial charge in [0.2, 0.25) is 0 Å². The minimum absolute atomic E-state index is 0.175. The SMILES string of the molecule is COc1ccc(-c2nn(-c3ccccc3)cc2C(=O)N(C)Cc2ccco2)c(OC)c1. The Kier molecular flexibility index (Phi) is 5.75. The summed E-state index contributed by atoms with van der Waals surface area (Å²) in [6.45, 7) is 0.349. The van der Waals surface area contributed by atoms with Crippen molar-refractivity contribution in [1.29, 1.82) is 0 Å². The van der Waals surface area contributed by atoms with Crippen molar-refractivity contribution in [2.45, 2.75) is 6.54 Å². The van der Waals surface area contributed by atoms with Crippen LogP contribution in [0.3, 0.4) is 0 Å². The third-order valence-electron chi connectivity index (χ3n) is 4.95. The zero-order valence-electron chi connectivity index (χ0n) is 17.6. The highest BCUT2D eigenvalue weighted by atomic mass is 16.5. The molecule has 2 heterocycles. The van der Waals surface area contributed by atoms with Crippen LogP contribution < -0.4 is 9.47 Å². The predicted octanol–water partition coefficient (Wildman–Crippen LogP) is 4.42. The number of benzene rings is 2. The number of nitrogens with zero attached hydrogens (tertiary/aromatic N) is 3. The van der Waals surface area contributed by atoms with Crippen molar-refractivity contribution in [1.82, 2.24) is 14.7 Å². The van der Waals surface area contributed by atoms with E-state index in [4.69, 9.17) is 19.0 Å². The van der Waals surface area contributed by atoms with Gasteiger partial charge in [-0.05, 0) is 36.4 Å². The number of ether oxygens (including phenoxy) is 2. The number of carbonyl (C=O) groups is 1. The summed E-state index contributed by atoms with van der Waals surface area (Å²) in [5.41, 5.74) is 2.54. The second kappa shape index (κ2) is 8.79. The van der Waals surface area contributed by atoms with Crippen molar-refractivity contribution < 1.29 is 18.7 Å². The van der Waals surface area contributed by atoms with E-state index < -0.39 is 0 Å². The van der Waals surface area contributed by atoms with Crippen LogP contribution in [-0.2, 0) is 6.54 Å². The fourth-order valence-electron chi connectivity index (χ4n) is 3.35. The molecule has 0 radical (unpaired) electrons. The lowest BCUT2D eigenvalue weighted by atomic mass is 10.1. The molecule has 2 aromatic heterocycles. The molecule has 0 spiro atoms. The molecule has 31 heavy (non-hydrogen) atoms. The lowest BCUT2D eigenvalue weighted by Gasteiger charge is -2.16. The minimum Gasteiger partial charge on any atom is -0.497 e. The predicted molar refractivity (Wildman–Crippen MR) is 117 cm³/mol. The summed E-state index contributed by atoms with van der Waals surface area (Å²) in [6.07, 6.45) is 3.34.